The molecule has 0 radical (unpaired) electrons. The van der Waals surface area contributed by atoms with Gasteiger partial charge in [-0.15, -0.1) is 0 Å². The molecule has 0 fully saturated rings. The zero-order valence-corrected chi connectivity index (χ0v) is 26.3. The van der Waals surface area contributed by atoms with Gasteiger partial charge in [-0.05, 0) is 116 Å². The van der Waals surface area contributed by atoms with Crippen molar-refractivity contribution in [1.29, 1.82) is 0 Å². The van der Waals surface area contributed by atoms with E-state index in [0.29, 0.717) is 0 Å². The summed E-state index contributed by atoms with van der Waals surface area (Å²) in [4.78, 5) is 0. The van der Waals surface area contributed by atoms with Crippen LogP contribution in [0, 0.1) is 0 Å². The van der Waals surface area contributed by atoms with Crippen molar-refractivity contribution in [1.82, 2.24) is 0 Å². The van der Waals surface area contributed by atoms with Crippen LogP contribution in [0.15, 0.2) is 182 Å². The van der Waals surface area contributed by atoms with E-state index >= 15 is 0 Å². The summed E-state index contributed by atoms with van der Waals surface area (Å²) in [6.07, 6.45) is 0. The summed E-state index contributed by atoms with van der Waals surface area (Å²) in [6.45, 7) is 0. The summed E-state index contributed by atoms with van der Waals surface area (Å²) < 4.78 is 0. The number of benzene rings is 10. The van der Waals surface area contributed by atoms with Crippen molar-refractivity contribution in [2.75, 3.05) is 0 Å². The number of rotatable bonds is 3. The standard InChI is InChI=1S/C48H30/c1-2-12-31(13-3-1)33-24-22-32-23-25-34(29-36(32)28-33)47-42-18-8-10-20-44(42)48(45-21-11-9-19-43(45)47)35-26-27-41-39-16-5-4-14-37(39)38-15-6-7-17-40(38)46(41)30-35/h1-30H. The highest BCUT2D eigenvalue weighted by Gasteiger charge is 2.18. The van der Waals surface area contributed by atoms with Crippen LogP contribution in [0.4, 0.5) is 0 Å². The van der Waals surface area contributed by atoms with Crippen LogP contribution in [-0.4, -0.2) is 0 Å². The molecule has 10 aromatic carbocycles. The fourth-order valence-electron chi connectivity index (χ4n) is 8.03. The SMILES string of the molecule is c1ccc(-c2ccc3ccc(-c4c5ccccc5c(-c5ccc6c7ccccc7c7ccccc7c6c5)c5ccccc45)cc3c2)cc1. The summed E-state index contributed by atoms with van der Waals surface area (Å²) in [6, 6.07) is 67.1. The van der Waals surface area contributed by atoms with E-state index in [9.17, 15) is 0 Å². The van der Waals surface area contributed by atoms with Crippen LogP contribution in [0.3, 0.4) is 0 Å². The third-order valence-electron chi connectivity index (χ3n) is 10.2. The van der Waals surface area contributed by atoms with Gasteiger partial charge in [0.15, 0.2) is 0 Å². The Labute approximate surface area is 279 Å². The van der Waals surface area contributed by atoms with E-state index in [-0.39, 0.29) is 0 Å². The molecule has 0 aliphatic heterocycles. The summed E-state index contributed by atoms with van der Waals surface area (Å²) in [5.74, 6) is 0. The molecule has 0 aliphatic carbocycles. The van der Waals surface area contributed by atoms with Crippen molar-refractivity contribution < 1.29 is 0 Å². The van der Waals surface area contributed by atoms with Gasteiger partial charge in [0.2, 0.25) is 0 Å². The van der Waals surface area contributed by atoms with Gasteiger partial charge < -0.3 is 0 Å². The molecule has 0 amide bonds. The van der Waals surface area contributed by atoms with E-state index in [2.05, 4.69) is 182 Å². The first-order valence-corrected chi connectivity index (χ1v) is 16.7. The van der Waals surface area contributed by atoms with E-state index in [4.69, 9.17) is 0 Å². The van der Waals surface area contributed by atoms with Gasteiger partial charge in [-0.25, -0.2) is 0 Å². The molecule has 48 heavy (non-hydrogen) atoms. The van der Waals surface area contributed by atoms with Crippen molar-refractivity contribution in [3.8, 4) is 33.4 Å². The highest BCUT2D eigenvalue weighted by atomic mass is 14.2. The molecule has 222 valence electrons. The lowest BCUT2D eigenvalue weighted by molar-refractivity contribution is 1.64. The molecule has 0 N–H and O–H groups in total. The molecular weight excluding hydrogens is 577 g/mol. The van der Waals surface area contributed by atoms with Gasteiger partial charge >= 0.3 is 0 Å². The van der Waals surface area contributed by atoms with Crippen LogP contribution in [0.5, 0.6) is 0 Å². The molecule has 0 aliphatic rings. The lowest BCUT2D eigenvalue weighted by Gasteiger charge is -2.19. The number of hydrogen-bond donors (Lipinski definition) is 0. The second-order valence-corrected chi connectivity index (χ2v) is 12.8. The van der Waals surface area contributed by atoms with Crippen molar-refractivity contribution in [3.63, 3.8) is 0 Å². The van der Waals surface area contributed by atoms with Crippen molar-refractivity contribution in [3.05, 3.63) is 182 Å². The fraction of sp³-hybridized carbons (Fsp3) is 0. The summed E-state index contributed by atoms with van der Waals surface area (Å²) in [5, 5.41) is 15.4. The summed E-state index contributed by atoms with van der Waals surface area (Å²) in [5.41, 5.74) is 7.53. The smallest absolute Gasteiger partial charge is 0.00261 e. The molecule has 10 aromatic rings. The van der Waals surface area contributed by atoms with Gasteiger partial charge in [0.1, 0.15) is 0 Å². The largest absolute Gasteiger partial charge is 0.0622 e. The van der Waals surface area contributed by atoms with Gasteiger partial charge in [0, 0.05) is 0 Å². The van der Waals surface area contributed by atoms with Crippen LogP contribution in [0.1, 0.15) is 0 Å². The van der Waals surface area contributed by atoms with Gasteiger partial charge in [-0.1, -0.05) is 164 Å². The van der Waals surface area contributed by atoms with Crippen LogP contribution in [-0.2, 0) is 0 Å². The molecule has 0 aromatic heterocycles. The first-order chi connectivity index (χ1) is 23.8. The average molecular weight is 607 g/mol. The molecule has 0 spiro atoms. The second kappa shape index (κ2) is 10.7. The zero-order chi connectivity index (χ0) is 31.6. The lowest BCUT2D eigenvalue weighted by Crippen LogP contribution is -1.91. The quantitative estimate of drug-likeness (QED) is 0.139. The van der Waals surface area contributed by atoms with E-state index in [1.165, 1.54) is 98.0 Å². The third kappa shape index (κ3) is 4.10. The predicted octanol–water partition coefficient (Wildman–Crippen LogP) is 13.6. The second-order valence-electron chi connectivity index (χ2n) is 12.8. The molecule has 0 bridgehead atoms. The lowest BCUT2D eigenvalue weighted by atomic mass is 9.84. The number of hydrogen-bond acceptors (Lipinski definition) is 0. The maximum absolute atomic E-state index is 2.43. The van der Waals surface area contributed by atoms with E-state index in [1.54, 1.807) is 0 Å². The Kier molecular flexibility index (Phi) is 5.98. The Bertz CT molecular complexity index is 2780. The Morgan fingerprint density at radius 2 is 0.562 bits per heavy atom. The van der Waals surface area contributed by atoms with Crippen LogP contribution in [0.25, 0.3) is 98.0 Å². The van der Waals surface area contributed by atoms with E-state index in [0.717, 1.165) is 0 Å². The van der Waals surface area contributed by atoms with E-state index < -0.39 is 0 Å². The van der Waals surface area contributed by atoms with Gasteiger partial charge in [-0.2, -0.15) is 0 Å². The van der Waals surface area contributed by atoms with Crippen LogP contribution >= 0.6 is 0 Å². The molecule has 0 nitrogen and oxygen atoms in total. The number of fused-ring (bicyclic) bond motifs is 9. The maximum atomic E-state index is 2.43. The normalized spacial score (nSPS) is 11.8. The van der Waals surface area contributed by atoms with Gasteiger partial charge in [0.25, 0.3) is 0 Å². The van der Waals surface area contributed by atoms with Crippen molar-refractivity contribution in [2.24, 2.45) is 0 Å². The molecule has 0 saturated heterocycles. The fourth-order valence-corrected chi connectivity index (χ4v) is 8.03. The highest BCUT2D eigenvalue weighted by molar-refractivity contribution is 6.27. The Balaban J connectivity index is 1.25. The molecule has 0 saturated carbocycles. The Hall–Kier alpha value is -6.24. The highest BCUT2D eigenvalue weighted by Crippen LogP contribution is 2.45. The summed E-state index contributed by atoms with van der Waals surface area (Å²) >= 11 is 0. The average Bonchev–Trinajstić information content (AvgIpc) is 3.16. The molecule has 0 unspecified atom stereocenters. The van der Waals surface area contributed by atoms with Gasteiger partial charge in [-0.3, -0.25) is 0 Å². The van der Waals surface area contributed by atoms with Crippen molar-refractivity contribution >= 4 is 64.6 Å². The molecule has 10 rings (SSSR count). The predicted molar refractivity (Wildman–Crippen MR) is 208 cm³/mol. The van der Waals surface area contributed by atoms with Crippen LogP contribution in [0.2, 0.25) is 0 Å². The van der Waals surface area contributed by atoms with Crippen LogP contribution < -0.4 is 0 Å². The Morgan fingerprint density at radius 1 is 0.188 bits per heavy atom. The molecule has 0 heteroatoms. The first-order valence-electron chi connectivity index (χ1n) is 16.7. The van der Waals surface area contributed by atoms with Gasteiger partial charge in [0.05, 0.1) is 0 Å². The van der Waals surface area contributed by atoms with Crippen molar-refractivity contribution in [2.45, 2.75) is 0 Å². The zero-order valence-electron chi connectivity index (χ0n) is 26.3. The summed E-state index contributed by atoms with van der Waals surface area (Å²) in [7, 11) is 0. The first kappa shape index (κ1) is 26.9. The third-order valence-corrected chi connectivity index (χ3v) is 10.2. The topological polar surface area (TPSA) is 0 Å². The maximum Gasteiger partial charge on any atom is -0.00261 e. The molecule has 0 heterocycles. The minimum absolute atomic E-state index is 1.24. The monoisotopic (exact) mass is 606 g/mol. The Morgan fingerprint density at radius 3 is 1.10 bits per heavy atom. The minimum atomic E-state index is 1.24. The molecule has 0 atom stereocenters. The van der Waals surface area contributed by atoms with E-state index in [1.807, 2.05) is 0 Å². The minimum Gasteiger partial charge on any atom is -0.0622 e. The molecular formula is C48H30.